The van der Waals surface area contributed by atoms with Gasteiger partial charge in [0.1, 0.15) is 0 Å². The molecule has 1 saturated carbocycles. The molecule has 0 aliphatic heterocycles. The van der Waals surface area contributed by atoms with Gasteiger partial charge in [0.25, 0.3) is 0 Å². The fourth-order valence-corrected chi connectivity index (χ4v) is 3.21. The lowest BCUT2D eigenvalue weighted by Crippen LogP contribution is -2.43. The number of hydrogen-bond donors (Lipinski definition) is 2. The number of carboxylic acid groups (broad SMARTS) is 1. The second-order valence-electron chi connectivity index (χ2n) is 7.77. The molecule has 0 saturated heterocycles. The van der Waals surface area contributed by atoms with Crippen LogP contribution in [0.2, 0.25) is 0 Å². The molecule has 0 aromatic carbocycles. The van der Waals surface area contributed by atoms with Crippen LogP contribution in [0.25, 0.3) is 0 Å². The van der Waals surface area contributed by atoms with E-state index in [4.69, 9.17) is 5.11 Å². The number of hydrogen-bond acceptors (Lipinski definition) is 2. The Kier molecular flexibility index (Phi) is 5.60. The van der Waals surface area contributed by atoms with Crippen LogP contribution in [0.4, 0.5) is 0 Å². The van der Waals surface area contributed by atoms with Crippen molar-refractivity contribution >= 4 is 11.9 Å². The normalized spacial score (nSPS) is 19.0. The summed E-state index contributed by atoms with van der Waals surface area (Å²) >= 11 is 0. The van der Waals surface area contributed by atoms with Crippen LogP contribution in [0, 0.1) is 16.7 Å². The van der Waals surface area contributed by atoms with Crippen LogP contribution in [0.5, 0.6) is 0 Å². The van der Waals surface area contributed by atoms with Gasteiger partial charge in [-0.05, 0) is 36.0 Å². The van der Waals surface area contributed by atoms with Gasteiger partial charge in [-0.1, -0.05) is 34.1 Å². The average molecular weight is 283 g/mol. The van der Waals surface area contributed by atoms with Crippen molar-refractivity contribution in [2.24, 2.45) is 16.7 Å². The Balaban J connectivity index is 2.34. The predicted molar refractivity (Wildman–Crippen MR) is 79.4 cm³/mol. The van der Waals surface area contributed by atoms with E-state index in [0.29, 0.717) is 18.9 Å². The van der Waals surface area contributed by atoms with Gasteiger partial charge in [0.15, 0.2) is 0 Å². The highest BCUT2D eigenvalue weighted by molar-refractivity contribution is 5.76. The molecule has 1 fully saturated rings. The zero-order chi connectivity index (χ0) is 15.4. The van der Waals surface area contributed by atoms with E-state index in [1.807, 2.05) is 0 Å². The van der Waals surface area contributed by atoms with Gasteiger partial charge >= 0.3 is 5.97 Å². The molecule has 1 aliphatic carbocycles. The van der Waals surface area contributed by atoms with Crippen LogP contribution < -0.4 is 5.32 Å². The second-order valence-corrected chi connectivity index (χ2v) is 7.77. The number of rotatable bonds is 7. The smallest absolute Gasteiger partial charge is 0.303 e. The molecule has 1 unspecified atom stereocenters. The first-order valence-corrected chi connectivity index (χ1v) is 7.60. The lowest BCUT2D eigenvalue weighted by molar-refractivity contribution is -0.142. The molecular weight excluding hydrogens is 254 g/mol. The van der Waals surface area contributed by atoms with Crippen LogP contribution in [0.3, 0.4) is 0 Å². The van der Waals surface area contributed by atoms with Gasteiger partial charge in [0.2, 0.25) is 5.91 Å². The summed E-state index contributed by atoms with van der Waals surface area (Å²) in [6.07, 6.45) is 4.61. The second kappa shape index (κ2) is 6.59. The van der Waals surface area contributed by atoms with Crippen LogP contribution >= 0.6 is 0 Å². The Morgan fingerprint density at radius 3 is 2.30 bits per heavy atom. The van der Waals surface area contributed by atoms with E-state index in [9.17, 15) is 9.59 Å². The molecule has 1 aliphatic rings. The molecule has 116 valence electrons. The zero-order valence-electron chi connectivity index (χ0n) is 13.3. The lowest BCUT2D eigenvalue weighted by atomic mass is 9.66. The highest BCUT2D eigenvalue weighted by Crippen LogP contribution is 2.43. The maximum absolute atomic E-state index is 12.0. The number of carbonyl (C=O) groups is 2. The van der Waals surface area contributed by atoms with Crippen LogP contribution in [-0.4, -0.2) is 23.5 Å². The van der Waals surface area contributed by atoms with E-state index >= 15 is 0 Å². The van der Waals surface area contributed by atoms with Gasteiger partial charge in [0.05, 0.1) is 6.42 Å². The van der Waals surface area contributed by atoms with Crippen molar-refractivity contribution in [2.75, 3.05) is 6.54 Å². The van der Waals surface area contributed by atoms with E-state index < -0.39 is 5.97 Å². The molecule has 1 rings (SSSR count). The van der Waals surface area contributed by atoms with Crippen molar-refractivity contribution in [1.82, 2.24) is 5.32 Å². The molecule has 0 aromatic rings. The first-order chi connectivity index (χ1) is 9.12. The van der Waals surface area contributed by atoms with Crippen LogP contribution in [-0.2, 0) is 9.59 Å². The van der Waals surface area contributed by atoms with Gasteiger partial charge < -0.3 is 10.4 Å². The molecule has 0 aromatic heterocycles. The number of aliphatic carboxylic acids is 1. The fraction of sp³-hybridized carbons (Fsp3) is 0.875. The maximum atomic E-state index is 12.0. The highest BCUT2D eigenvalue weighted by Gasteiger charge is 2.39. The lowest BCUT2D eigenvalue weighted by Gasteiger charge is -2.41. The van der Waals surface area contributed by atoms with Gasteiger partial charge in [0, 0.05) is 13.0 Å². The molecule has 20 heavy (non-hydrogen) atoms. The molecule has 0 bridgehead atoms. The Bertz CT molecular complexity index is 353. The summed E-state index contributed by atoms with van der Waals surface area (Å²) in [7, 11) is 0. The minimum atomic E-state index is -0.764. The zero-order valence-corrected chi connectivity index (χ0v) is 13.3. The standard InChI is InChI=1S/C16H29NO3/c1-12(9-15(2,3)4)8-13(18)17-11-16(6-5-7-16)10-14(19)20/h12H,5-11H2,1-4H3,(H,17,18)(H,19,20). The summed E-state index contributed by atoms with van der Waals surface area (Å²) in [6.45, 7) is 9.15. The summed E-state index contributed by atoms with van der Waals surface area (Å²) in [6, 6.07) is 0. The molecule has 0 spiro atoms. The third kappa shape index (κ3) is 5.93. The molecule has 0 heterocycles. The van der Waals surface area contributed by atoms with Crippen molar-refractivity contribution in [2.45, 2.75) is 66.2 Å². The summed E-state index contributed by atoms with van der Waals surface area (Å²) in [5.74, 6) is -0.356. The van der Waals surface area contributed by atoms with Crippen LogP contribution in [0.1, 0.15) is 66.2 Å². The molecule has 1 atom stereocenters. The van der Waals surface area contributed by atoms with Gasteiger partial charge in [-0.15, -0.1) is 0 Å². The van der Waals surface area contributed by atoms with Gasteiger partial charge in [-0.3, -0.25) is 9.59 Å². The maximum Gasteiger partial charge on any atom is 0.303 e. The third-order valence-electron chi connectivity index (χ3n) is 4.10. The molecule has 2 N–H and O–H groups in total. The number of amides is 1. The predicted octanol–water partition coefficient (Wildman–Crippen LogP) is 3.21. The van der Waals surface area contributed by atoms with Crippen molar-refractivity contribution in [1.29, 1.82) is 0 Å². The van der Waals surface area contributed by atoms with Crippen molar-refractivity contribution in [3.8, 4) is 0 Å². The number of carboxylic acids is 1. The van der Waals surface area contributed by atoms with Gasteiger partial charge in [-0.2, -0.15) is 0 Å². The van der Waals surface area contributed by atoms with E-state index in [0.717, 1.165) is 25.7 Å². The molecule has 0 radical (unpaired) electrons. The Hall–Kier alpha value is -1.06. The van der Waals surface area contributed by atoms with Crippen molar-refractivity contribution < 1.29 is 14.7 Å². The summed E-state index contributed by atoms with van der Waals surface area (Å²) in [5, 5.41) is 11.9. The van der Waals surface area contributed by atoms with Crippen molar-refractivity contribution in [3.05, 3.63) is 0 Å². The highest BCUT2D eigenvalue weighted by atomic mass is 16.4. The van der Waals surface area contributed by atoms with Gasteiger partial charge in [-0.25, -0.2) is 0 Å². The first kappa shape index (κ1) is 17.0. The van der Waals surface area contributed by atoms with E-state index in [1.54, 1.807) is 0 Å². The number of nitrogens with one attached hydrogen (secondary N) is 1. The quantitative estimate of drug-likeness (QED) is 0.754. The molecule has 4 nitrogen and oxygen atoms in total. The topological polar surface area (TPSA) is 66.4 Å². The third-order valence-corrected chi connectivity index (χ3v) is 4.10. The molecular formula is C16H29NO3. The largest absolute Gasteiger partial charge is 0.481 e. The van der Waals surface area contributed by atoms with E-state index in [-0.39, 0.29) is 23.2 Å². The molecule has 1 amide bonds. The minimum absolute atomic E-state index is 0.0541. The first-order valence-electron chi connectivity index (χ1n) is 7.60. The monoisotopic (exact) mass is 283 g/mol. The Labute approximate surface area is 122 Å². The minimum Gasteiger partial charge on any atom is -0.481 e. The molecule has 4 heteroatoms. The Morgan fingerprint density at radius 2 is 1.90 bits per heavy atom. The average Bonchev–Trinajstić information content (AvgIpc) is 2.18. The van der Waals surface area contributed by atoms with Crippen molar-refractivity contribution in [3.63, 3.8) is 0 Å². The fourth-order valence-electron chi connectivity index (χ4n) is 3.21. The SMILES string of the molecule is CC(CC(=O)NCC1(CC(=O)O)CCC1)CC(C)(C)C. The van der Waals surface area contributed by atoms with E-state index in [2.05, 4.69) is 33.0 Å². The summed E-state index contributed by atoms with van der Waals surface area (Å²) < 4.78 is 0. The number of carbonyl (C=O) groups excluding carboxylic acids is 1. The van der Waals surface area contributed by atoms with E-state index in [1.165, 1.54) is 0 Å². The van der Waals surface area contributed by atoms with Crippen LogP contribution in [0.15, 0.2) is 0 Å². The Morgan fingerprint density at radius 1 is 1.30 bits per heavy atom. The summed E-state index contributed by atoms with van der Waals surface area (Å²) in [4.78, 5) is 22.8. The summed E-state index contributed by atoms with van der Waals surface area (Å²) in [5.41, 5.74) is 0.0486.